The fraction of sp³-hybridized carbons (Fsp3) is 0.560. The van der Waals surface area contributed by atoms with Crippen LogP contribution in [0.3, 0.4) is 0 Å². The molecule has 4 rings (SSSR count). The van der Waals surface area contributed by atoms with Crippen molar-refractivity contribution < 1.29 is 13.9 Å². The van der Waals surface area contributed by atoms with Crippen LogP contribution in [0.2, 0.25) is 0 Å². The van der Waals surface area contributed by atoms with Crippen LogP contribution in [-0.4, -0.2) is 70.5 Å². The van der Waals surface area contributed by atoms with E-state index in [1.54, 1.807) is 19.9 Å². The number of hydrogen-bond donors (Lipinski definition) is 2. The van der Waals surface area contributed by atoms with Gasteiger partial charge in [0.1, 0.15) is 11.4 Å². The zero-order valence-electron chi connectivity index (χ0n) is 19.2. The van der Waals surface area contributed by atoms with Crippen molar-refractivity contribution in [3.63, 3.8) is 0 Å². The number of anilines is 1. The van der Waals surface area contributed by atoms with Crippen LogP contribution in [0.5, 0.6) is 5.75 Å². The molecule has 1 saturated heterocycles. The zero-order chi connectivity index (χ0) is 22.9. The molecule has 1 unspecified atom stereocenters. The number of rotatable bonds is 8. The van der Waals surface area contributed by atoms with Crippen molar-refractivity contribution >= 4 is 5.69 Å². The first-order valence-electron chi connectivity index (χ1n) is 11.5. The summed E-state index contributed by atoms with van der Waals surface area (Å²) in [4.78, 5) is 9.19. The maximum atomic E-state index is 14.7. The van der Waals surface area contributed by atoms with Crippen molar-refractivity contribution in [1.82, 2.24) is 14.8 Å². The van der Waals surface area contributed by atoms with Gasteiger partial charge in [0.25, 0.3) is 0 Å². The van der Waals surface area contributed by atoms with E-state index in [0.29, 0.717) is 19.0 Å². The van der Waals surface area contributed by atoms with Gasteiger partial charge in [-0.05, 0) is 69.0 Å². The fourth-order valence-electron chi connectivity index (χ4n) is 4.93. The minimum Gasteiger partial charge on any atom is -0.508 e. The Morgan fingerprint density at radius 2 is 2.00 bits per heavy atom. The average molecular weight is 445 g/mol. The predicted octanol–water partition coefficient (Wildman–Crippen LogP) is 4.33. The lowest BCUT2D eigenvalue weighted by molar-refractivity contribution is 0.0663. The first-order chi connectivity index (χ1) is 15.2. The number of aromatic nitrogens is 1. The Kier molecular flexibility index (Phi) is 6.67. The number of phenols is 1. The SMILES string of the molecule is C[C@@H]1Cc2cc(O)ccc2C(c2ccc(NC3CN(CCCF)C3)cn2)N1CC(C)(C)F. The fourth-order valence-corrected chi connectivity index (χ4v) is 4.93. The molecule has 2 N–H and O–H groups in total. The van der Waals surface area contributed by atoms with Gasteiger partial charge >= 0.3 is 0 Å². The minimum atomic E-state index is -1.33. The number of likely N-dealkylation sites (tertiary alicyclic amines) is 1. The molecule has 174 valence electrons. The van der Waals surface area contributed by atoms with Crippen molar-refractivity contribution in [2.24, 2.45) is 0 Å². The van der Waals surface area contributed by atoms with Gasteiger partial charge in [-0.3, -0.25) is 19.2 Å². The number of halogens is 2. The lowest BCUT2D eigenvalue weighted by Gasteiger charge is -2.43. The number of fused-ring (bicyclic) bond motifs is 1. The van der Waals surface area contributed by atoms with Gasteiger partial charge in [0, 0.05) is 32.2 Å². The van der Waals surface area contributed by atoms with Gasteiger partial charge in [-0.15, -0.1) is 0 Å². The number of benzene rings is 1. The summed E-state index contributed by atoms with van der Waals surface area (Å²) in [6, 6.07) is 9.80. The van der Waals surface area contributed by atoms with Crippen molar-refractivity contribution in [1.29, 1.82) is 0 Å². The Hall–Kier alpha value is -2.25. The summed E-state index contributed by atoms with van der Waals surface area (Å²) < 4.78 is 27.0. The molecule has 7 heteroatoms. The largest absolute Gasteiger partial charge is 0.508 e. The zero-order valence-corrected chi connectivity index (χ0v) is 19.2. The van der Waals surface area contributed by atoms with E-state index in [1.165, 1.54) is 0 Å². The van der Waals surface area contributed by atoms with Crippen LogP contribution in [-0.2, 0) is 6.42 Å². The van der Waals surface area contributed by atoms with Crippen LogP contribution >= 0.6 is 0 Å². The summed E-state index contributed by atoms with van der Waals surface area (Å²) in [6.45, 7) is 8.00. The highest BCUT2D eigenvalue weighted by Crippen LogP contribution is 2.39. The molecule has 2 atom stereocenters. The number of aromatic hydroxyl groups is 1. The van der Waals surface area contributed by atoms with Gasteiger partial charge in [-0.25, -0.2) is 4.39 Å². The third-order valence-electron chi connectivity index (χ3n) is 6.40. The van der Waals surface area contributed by atoms with E-state index in [0.717, 1.165) is 48.6 Å². The molecule has 1 aromatic carbocycles. The van der Waals surface area contributed by atoms with E-state index in [9.17, 15) is 13.9 Å². The van der Waals surface area contributed by atoms with Gasteiger partial charge in [0.05, 0.1) is 36.3 Å². The summed E-state index contributed by atoms with van der Waals surface area (Å²) in [5.41, 5.74) is 2.65. The van der Waals surface area contributed by atoms with Crippen molar-refractivity contribution in [3.8, 4) is 5.75 Å². The second-order valence-electron chi connectivity index (χ2n) is 9.84. The first kappa shape index (κ1) is 22.9. The number of nitrogens with zero attached hydrogens (tertiary/aromatic N) is 3. The number of pyridine rings is 1. The molecule has 0 amide bonds. The van der Waals surface area contributed by atoms with Gasteiger partial charge in [0.15, 0.2) is 0 Å². The summed E-state index contributed by atoms with van der Waals surface area (Å²) in [5.74, 6) is 0.252. The lowest BCUT2D eigenvalue weighted by Crippen LogP contribution is -2.54. The highest BCUT2D eigenvalue weighted by molar-refractivity contribution is 5.46. The minimum absolute atomic E-state index is 0.120. The molecule has 1 aromatic heterocycles. The number of hydrogen-bond acceptors (Lipinski definition) is 5. The Bertz CT molecular complexity index is 909. The molecule has 3 heterocycles. The van der Waals surface area contributed by atoms with Crippen LogP contribution in [0.25, 0.3) is 0 Å². The van der Waals surface area contributed by atoms with Crippen LogP contribution in [0.15, 0.2) is 36.5 Å². The molecule has 2 aliphatic heterocycles. The summed E-state index contributed by atoms with van der Waals surface area (Å²) >= 11 is 0. The van der Waals surface area contributed by atoms with Gasteiger partial charge < -0.3 is 10.4 Å². The van der Waals surface area contributed by atoms with E-state index in [1.807, 2.05) is 30.5 Å². The summed E-state index contributed by atoms with van der Waals surface area (Å²) in [5, 5.41) is 13.5. The van der Waals surface area contributed by atoms with Gasteiger partial charge in [-0.2, -0.15) is 0 Å². The van der Waals surface area contributed by atoms with Crippen LogP contribution in [0, 0.1) is 0 Å². The van der Waals surface area contributed by atoms with Crippen LogP contribution < -0.4 is 5.32 Å². The molecule has 0 bridgehead atoms. The third-order valence-corrected chi connectivity index (χ3v) is 6.40. The monoisotopic (exact) mass is 444 g/mol. The molecule has 5 nitrogen and oxygen atoms in total. The highest BCUT2D eigenvalue weighted by Gasteiger charge is 2.37. The smallest absolute Gasteiger partial charge is 0.118 e. The maximum absolute atomic E-state index is 14.7. The predicted molar refractivity (Wildman–Crippen MR) is 124 cm³/mol. The Balaban J connectivity index is 1.53. The van der Waals surface area contributed by atoms with Crippen molar-refractivity contribution in [2.75, 3.05) is 38.2 Å². The van der Waals surface area contributed by atoms with Crippen molar-refractivity contribution in [2.45, 2.75) is 57.4 Å². The second kappa shape index (κ2) is 9.32. The topological polar surface area (TPSA) is 51.6 Å². The lowest BCUT2D eigenvalue weighted by atomic mass is 9.86. The normalized spacial score (nSPS) is 22.4. The molecule has 0 saturated carbocycles. The second-order valence-corrected chi connectivity index (χ2v) is 9.84. The average Bonchev–Trinajstić information content (AvgIpc) is 2.70. The van der Waals surface area contributed by atoms with Gasteiger partial charge in [-0.1, -0.05) is 6.07 Å². The standard InChI is InChI=1S/C25H34F2N4O/c1-17-11-18-12-21(32)6-7-22(18)24(31(17)16-25(2,3)27)23-8-5-19(13-28-23)29-20-14-30(15-20)10-4-9-26/h5-8,12-13,17,20,24,29,32H,4,9-11,14-16H2,1-3H3/t17-,24?/m1/s1. The quantitative estimate of drug-likeness (QED) is 0.635. The molecule has 0 aliphatic carbocycles. The number of nitrogens with one attached hydrogen (secondary N) is 1. The summed E-state index contributed by atoms with van der Waals surface area (Å²) in [7, 11) is 0. The van der Waals surface area contributed by atoms with Crippen LogP contribution in [0.1, 0.15) is 50.1 Å². The molecule has 1 fully saturated rings. The molecule has 2 aromatic rings. The molecule has 0 spiro atoms. The van der Waals surface area contributed by atoms with E-state index in [2.05, 4.69) is 22.0 Å². The molecule has 2 aliphatic rings. The van der Waals surface area contributed by atoms with E-state index in [4.69, 9.17) is 4.98 Å². The van der Waals surface area contributed by atoms with Crippen molar-refractivity contribution in [3.05, 3.63) is 53.3 Å². The third kappa shape index (κ3) is 5.21. The first-order valence-corrected chi connectivity index (χ1v) is 11.5. The molecule has 32 heavy (non-hydrogen) atoms. The van der Waals surface area contributed by atoms with E-state index in [-0.39, 0.29) is 24.5 Å². The molecular weight excluding hydrogens is 410 g/mol. The van der Waals surface area contributed by atoms with Crippen LogP contribution in [0.4, 0.5) is 14.5 Å². The van der Waals surface area contributed by atoms with E-state index >= 15 is 0 Å². The highest BCUT2D eigenvalue weighted by atomic mass is 19.1. The Morgan fingerprint density at radius 3 is 2.66 bits per heavy atom. The molecular formula is C25H34F2N4O. The summed E-state index contributed by atoms with van der Waals surface area (Å²) in [6.07, 6.45) is 3.20. The Morgan fingerprint density at radius 1 is 1.22 bits per heavy atom. The number of alkyl halides is 2. The maximum Gasteiger partial charge on any atom is 0.118 e. The van der Waals surface area contributed by atoms with Gasteiger partial charge in [0.2, 0.25) is 0 Å². The Labute approximate surface area is 189 Å². The van der Waals surface area contributed by atoms with E-state index < -0.39 is 5.67 Å². The molecule has 0 radical (unpaired) electrons. The number of phenolic OH excluding ortho intramolecular Hbond substituents is 1.